The molecule has 5 rings (SSSR count). The zero-order valence-corrected chi connectivity index (χ0v) is 22.4. The van der Waals surface area contributed by atoms with Gasteiger partial charge < -0.3 is 19.5 Å². The Labute approximate surface area is 226 Å². The summed E-state index contributed by atoms with van der Waals surface area (Å²) in [6.45, 7) is 2.33. The lowest BCUT2D eigenvalue weighted by molar-refractivity contribution is 0.306. The van der Waals surface area contributed by atoms with E-state index in [1.807, 2.05) is 18.2 Å². The molecule has 0 radical (unpaired) electrons. The van der Waals surface area contributed by atoms with Crippen LogP contribution in [0.1, 0.15) is 45.7 Å². The Morgan fingerprint density at radius 1 is 0.737 bits per heavy atom. The maximum Gasteiger partial charge on any atom is 0.119 e. The van der Waals surface area contributed by atoms with E-state index in [1.54, 1.807) is 14.2 Å². The molecule has 1 unspecified atom stereocenters. The molecular weight excluding hydrogens is 470 g/mol. The molecule has 4 nitrogen and oxygen atoms in total. The van der Waals surface area contributed by atoms with E-state index in [9.17, 15) is 0 Å². The lowest BCUT2D eigenvalue weighted by Gasteiger charge is -2.27. The number of ether oxygens (including phenoxy) is 3. The van der Waals surface area contributed by atoms with E-state index in [2.05, 4.69) is 78.1 Å². The molecule has 1 atom stereocenters. The molecule has 1 aliphatic rings. The van der Waals surface area contributed by atoms with E-state index >= 15 is 0 Å². The highest BCUT2D eigenvalue weighted by molar-refractivity contribution is 5.43. The third-order valence-electron chi connectivity index (χ3n) is 7.51. The Bertz CT molecular complexity index is 1320. The largest absolute Gasteiger partial charge is 0.497 e. The molecule has 196 valence electrons. The Morgan fingerprint density at radius 2 is 1.47 bits per heavy atom. The first kappa shape index (κ1) is 25.9. The molecule has 0 saturated carbocycles. The lowest BCUT2D eigenvalue weighted by Crippen LogP contribution is -2.20. The van der Waals surface area contributed by atoms with Gasteiger partial charge in [-0.1, -0.05) is 54.6 Å². The second-order valence-corrected chi connectivity index (χ2v) is 9.98. The summed E-state index contributed by atoms with van der Waals surface area (Å²) in [6, 6.07) is 31.8. The molecule has 1 N–H and O–H groups in total. The molecule has 38 heavy (non-hydrogen) atoms. The van der Waals surface area contributed by atoms with Crippen LogP contribution in [-0.4, -0.2) is 20.8 Å². The van der Waals surface area contributed by atoms with Crippen molar-refractivity contribution in [1.29, 1.82) is 0 Å². The summed E-state index contributed by atoms with van der Waals surface area (Å²) in [5, 5.41) is 3.67. The monoisotopic (exact) mass is 507 g/mol. The van der Waals surface area contributed by atoms with Gasteiger partial charge in [0.2, 0.25) is 0 Å². The fourth-order valence-corrected chi connectivity index (χ4v) is 5.33. The van der Waals surface area contributed by atoms with Crippen molar-refractivity contribution in [2.24, 2.45) is 0 Å². The molecule has 0 bridgehead atoms. The van der Waals surface area contributed by atoms with Crippen molar-refractivity contribution in [3.8, 4) is 17.2 Å². The van der Waals surface area contributed by atoms with Crippen LogP contribution >= 0.6 is 0 Å². The Balaban J connectivity index is 1.16. The number of aryl methyl sites for hydroxylation is 1. The van der Waals surface area contributed by atoms with Crippen molar-refractivity contribution in [3.05, 3.63) is 124 Å². The Kier molecular flexibility index (Phi) is 8.62. The topological polar surface area (TPSA) is 39.7 Å². The standard InChI is InChI=1S/C34H37NO3/c1-36-32-15-12-27-20-29(11-10-28(27)21-32)34-17-16-33(37-2)22-30(34)23-35-19-18-25-8-13-31(14-9-25)38-24-26-6-4-3-5-7-26/h3-9,12-17,21-22,29,35H,10-11,18-20,23-24H2,1-2H3. The van der Waals surface area contributed by atoms with Crippen LogP contribution in [0.4, 0.5) is 0 Å². The first-order valence-corrected chi connectivity index (χ1v) is 13.5. The molecule has 0 aliphatic heterocycles. The number of fused-ring (bicyclic) bond motifs is 1. The maximum atomic E-state index is 5.92. The average molecular weight is 508 g/mol. The van der Waals surface area contributed by atoms with Crippen LogP contribution in [0.5, 0.6) is 17.2 Å². The number of benzene rings is 4. The van der Waals surface area contributed by atoms with Crippen molar-refractivity contribution in [1.82, 2.24) is 5.32 Å². The van der Waals surface area contributed by atoms with E-state index in [1.165, 1.54) is 33.4 Å². The molecule has 0 aromatic heterocycles. The highest BCUT2D eigenvalue weighted by Gasteiger charge is 2.23. The van der Waals surface area contributed by atoms with Crippen LogP contribution in [-0.2, 0) is 32.4 Å². The summed E-state index contributed by atoms with van der Waals surface area (Å²) in [5.41, 5.74) is 8.10. The minimum absolute atomic E-state index is 0.516. The van der Waals surface area contributed by atoms with Gasteiger partial charge in [-0.25, -0.2) is 0 Å². The van der Waals surface area contributed by atoms with Crippen LogP contribution in [0.25, 0.3) is 0 Å². The summed E-state index contributed by atoms with van der Waals surface area (Å²) in [6.07, 6.45) is 4.27. The fraction of sp³-hybridized carbons (Fsp3) is 0.294. The van der Waals surface area contributed by atoms with Crippen molar-refractivity contribution in [2.45, 2.75) is 44.8 Å². The second-order valence-electron chi connectivity index (χ2n) is 9.98. The highest BCUT2D eigenvalue weighted by Crippen LogP contribution is 2.36. The first-order chi connectivity index (χ1) is 18.7. The third-order valence-corrected chi connectivity index (χ3v) is 7.51. The Morgan fingerprint density at radius 3 is 2.26 bits per heavy atom. The van der Waals surface area contributed by atoms with Gasteiger partial charge in [0.05, 0.1) is 14.2 Å². The number of hydrogen-bond donors (Lipinski definition) is 1. The molecule has 0 amide bonds. The van der Waals surface area contributed by atoms with Crippen LogP contribution < -0.4 is 19.5 Å². The molecule has 4 heteroatoms. The summed E-state index contributed by atoms with van der Waals surface area (Å²) in [5.74, 6) is 3.28. The molecule has 0 fully saturated rings. The van der Waals surface area contributed by atoms with Crippen molar-refractivity contribution in [2.75, 3.05) is 20.8 Å². The van der Waals surface area contributed by atoms with Crippen molar-refractivity contribution < 1.29 is 14.2 Å². The van der Waals surface area contributed by atoms with Crippen LogP contribution in [0.2, 0.25) is 0 Å². The zero-order valence-electron chi connectivity index (χ0n) is 22.4. The summed E-state index contributed by atoms with van der Waals surface area (Å²) < 4.78 is 16.9. The van der Waals surface area contributed by atoms with Crippen molar-refractivity contribution in [3.63, 3.8) is 0 Å². The smallest absolute Gasteiger partial charge is 0.119 e. The summed E-state index contributed by atoms with van der Waals surface area (Å²) in [4.78, 5) is 0. The van der Waals surface area contributed by atoms with Crippen LogP contribution in [0.15, 0.2) is 91.0 Å². The van der Waals surface area contributed by atoms with Crippen LogP contribution in [0, 0.1) is 0 Å². The van der Waals surface area contributed by atoms with E-state index < -0.39 is 0 Å². The van der Waals surface area contributed by atoms with Gasteiger partial charge in [-0.15, -0.1) is 0 Å². The summed E-state index contributed by atoms with van der Waals surface area (Å²) >= 11 is 0. The van der Waals surface area contributed by atoms with Crippen molar-refractivity contribution >= 4 is 0 Å². The molecule has 4 aromatic carbocycles. The normalized spacial score (nSPS) is 14.5. The van der Waals surface area contributed by atoms with Gasteiger partial charge in [-0.3, -0.25) is 0 Å². The van der Waals surface area contributed by atoms with Crippen LogP contribution in [0.3, 0.4) is 0 Å². The fourth-order valence-electron chi connectivity index (χ4n) is 5.33. The van der Waals surface area contributed by atoms with Gasteiger partial charge in [-0.2, -0.15) is 0 Å². The highest BCUT2D eigenvalue weighted by atomic mass is 16.5. The van der Waals surface area contributed by atoms with Gasteiger partial charge in [-0.05, 0) is 108 Å². The molecule has 0 spiro atoms. The predicted octanol–water partition coefficient (Wildman–Crippen LogP) is 6.89. The Hall–Kier alpha value is -3.76. The quantitative estimate of drug-likeness (QED) is 0.225. The minimum atomic E-state index is 0.516. The second kappa shape index (κ2) is 12.7. The lowest BCUT2D eigenvalue weighted by atomic mass is 9.78. The average Bonchev–Trinajstić information content (AvgIpc) is 2.98. The van der Waals surface area contributed by atoms with Gasteiger partial charge in [0.1, 0.15) is 23.9 Å². The molecular formula is C34H37NO3. The van der Waals surface area contributed by atoms with Gasteiger partial charge in [0.15, 0.2) is 0 Å². The van der Waals surface area contributed by atoms with Gasteiger partial charge >= 0.3 is 0 Å². The van der Waals surface area contributed by atoms with E-state index in [4.69, 9.17) is 14.2 Å². The first-order valence-electron chi connectivity index (χ1n) is 13.5. The predicted molar refractivity (Wildman–Crippen MR) is 153 cm³/mol. The molecule has 0 heterocycles. The third kappa shape index (κ3) is 6.56. The van der Waals surface area contributed by atoms with E-state index in [0.29, 0.717) is 12.5 Å². The number of rotatable bonds is 11. The SMILES string of the molecule is COc1ccc2c(c1)CCC(c1ccc(OC)cc1CNCCc1ccc(OCc3ccccc3)cc1)C2. The zero-order chi connectivity index (χ0) is 26.2. The number of methoxy groups -OCH3 is 2. The molecule has 1 aliphatic carbocycles. The minimum Gasteiger partial charge on any atom is -0.497 e. The number of nitrogens with one attached hydrogen (secondary N) is 1. The molecule has 0 saturated heterocycles. The summed E-state index contributed by atoms with van der Waals surface area (Å²) in [7, 11) is 3.48. The van der Waals surface area contributed by atoms with Gasteiger partial charge in [0, 0.05) is 6.54 Å². The number of hydrogen-bond acceptors (Lipinski definition) is 4. The van der Waals surface area contributed by atoms with Gasteiger partial charge in [0.25, 0.3) is 0 Å². The van der Waals surface area contributed by atoms with E-state index in [-0.39, 0.29) is 0 Å². The maximum absolute atomic E-state index is 5.92. The van der Waals surface area contributed by atoms with E-state index in [0.717, 1.165) is 56.0 Å². The molecule has 4 aromatic rings.